The molecule has 1 aromatic rings. The highest BCUT2D eigenvalue weighted by Gasteiger charge is 2.21. The average molecular weight is 235 g/mol. The summed E-state index contributed by atoms with van der Waals surface area (Å²) < 4.78 is 0. The Labute approximate surface area is 100 Å². The molecule has 92 valence electrons. The van der Waals surface area contributed by atoms with Crippen molar-refractivity contribution >= 4 is 17.4 Å². The zero-order valence-electron chi connectivity index (χ0n) is 10.2. The predicted molar refractivity (Wildman–Crippen MR) is 67.0 cm³/mol. The summed E-state index contributed by atoms with van der Waals surface area (Å²) in [5.74, 6) is -0.0778. The van der Waals surface area contributed by atoms with Crippen LogP contribution in [-0.2, 0) is 4.79 Å². The van der Waals surface area contributed by atoms with Crippen molar-refractivity contribution in [2.75, 3.05) is 5.32 Å². The lowest BCUT2D eigenvalue weighted by Crippen LogP contribution is -2.27. The van der Waals surface area contributed by atoms with E-state index in [9.17, 15) is 4.79 Å². The summed E-state index contributed by atoms with van der Waals surface area (Å²) in [5, 5.41) is 14.2. The molecular formula is C12H17N3O2. The molecule has 0 aliphatic rings. The molecule has 0 aliphatic carbocycles. The number of nitrogens with two attached hydrogens (primary N) is 1. The molecule has 0 aromatic heterocycles. The normalized spacial score (nSPS) is 12.3. The number of nitrogens with zero attached hydrogens (tertiary/aromatic N) is 1. The summed E-state index contributed by atoms with van der Waals surface area (Å²) in [4.78, 5) is 11.8. The molecular weight excluding hydrogens is 218 g/mol. The lowest BCUT2D eigenvalue weighted by Gasteiger charge is -2.17. The smallest absolute Gasteiger partial charge is 0.229 e. The van der Waals surface area contributed by atoms with Crippen LogP contribution in [0, 0.1) is 5.41 Å². The SMILES string of the molecule is CC(C)(C)C(=O)Nc1cccc(/C(N)=N/O)c1. The summed E-state index contributed by atoms with van der Waals surface area (Å²) in [5.41, 5.74) is 6.18. The second-order valence-corrected chi connectivity index (χ2v) is 4.77. The van der Waals surface area contributed by atoms with Gasteiger partial charge in [0.1, 0.15) is 0 Å². The van der Waals surface area contributed by atoms with Gasteiger partial charge in [0, 0.05) is 16.7 Å². The van der Waals surface area contributed by atoms with Crippen molar-refractivity contribution in [1.82, 2.24) is 0 Å². The van der Waals surface area contributed by atoms with Gasteiger partial charge in [0.05, 0.1) is 0 Å². The Morgan fingerprint density at radius 2 is 2.06 bits per heavy atom. The fraction of sp³-hybridized carbons (Fsp3) is 0.333. The lowest BCUT2D eigenvalue weighted by atomic mass is 9.95. The van der Waals surface area contributed by atoms with Crippen molar-refractivity contribution in [2.45, 2.75) is 20.8 Å². The molecule has 1 aromatic carbocycles. The minimum absolute atomic E-state index is 0.0110. The van der Waals surface area contributed by atoms with Crippen LogP contribution < -0.4 is 11.1 Å². The van der Waals surface area contributed by atoms with E-state index in [1.807, 2.05) is 20.8 Å². The van der Waals surface area contributed by atoms with Crippen LogP contribution in [0.15, 0.2) is 29.4 Å². The number of nitrogens with one attached hydrogen (secondary N) is 1. The van der Waals surface area contributed by atoms with Gasteiger partial charge < -0.3 is 16.3 Å². The first-order chi connectivity index (χ1) is 7.84. The van der Waals surface area contributed by atoms with Gasteiger partial charge in [0.15, 0.2) is 5.84 Å². The van der Waals surface area contributed by atoms with Gasteiger partial charge in [-0.15, -0.1) is 0 Å². The van der Waals surface area contributed by atoms with Crippen molar-refractivity contribution in [1.29, 1.82) is 0 Å². The summed E-state index contributed by atoms with van der Waals surface area (Å²) >= 11 is 0. The first-order valence-corrected chi connectivity index (χ1v) is 5.24. The van der Waals surface area contributed by atoms with Crippen LogP contribution in [0.3, 0.4) is 0 Å². The Kier molecular flexibility index (Phi) is 3.73. The number of amidine groups is 1. The molecule has 0 unspecified atom stereocenters. The van der Waals surface area contributed by atoms with E-state index in [1.54, 1.807) is 24.3 Å². The fourth-order valence-corrected chi connectivity index (χ4v) is 1.13. The maximum Gasteiger partial charge on any atom is 0.229 e. The second kappa shape index (κ2) is 4.86. The highest BCUT2D eigenvalue weighted by atomic mass is 16.4. The molecule has 0 fully saturated rings. The van der Waals surface area contributed by atoms with Crippen molar-refractivity contribution in [3.63, 3.8) is 0 Å². The van der Waals surface area contributed by atoms with Crippen LogP contribution in [0.5, 0.6) is 0 Å². The third kappa shape index (κ3) is 3.48. The standard InChI is InChI=1S/C12H17N3O2/c1-12(2,3)11(16)14-9-6-4-5-8(7-9)10(13)15-17/h4-7,17H,1-3H3,(H2,13,15)(H,14,16). The molecule has 0 saturated carbocycles. The molecule has 17 heavy (non-hydrogen) atoms. The maximum atomic E-state index is 11.8. The van der Waals surface area contributed by atoms with Gasteiger partial charge in [-0.2, -0.15) is 0 Å². The van der Waals surface area contributed by atoms with E-state index in [0.717, 1.165) is 0 Å². The van der Waals surface area contributed by atoms with E-state index in [-0.39, 0.29) is 11.7 Å². The van der Waals surface area contributed by atoms with Crippen LogP contribution >= 0.6 is 0 Å². The number of rotatable bonds is 2. The van der Waals surface area contributed by atoms with Gasteiger partial charge in [0.2, 0.25) is 5.91 Å². The second-order valence-electron chi connectivity index (χ2n) is 4.77. The van der Waals surface area contributed by atoms with E-state index in [1.165, 1.54) is 0 Å². The molecule has 1 rings (SSSR count). The molecule has 0 heterocycles. The van der Waals surface area contributed by atoms with Crippen molar-refractivity contribution in [3.8, 4) is 0 Å². The van der Waals surface area contributed by atoms with Crippen LogP contribution in [0.1, 0.15) is 26.3 Å². The van der Waals surface area contributed by atoms with Gasteiger partial charge in [-0.25, -0.2) is 0 Å². The van der Waals surface area contributed by atoms with E-state index in [2.05, 4.69) is 10.5 Å². The van der Waals surface area contributed by atoms with Crippen molar-refractivity contribution in [3.05, 3.63) is 29.8 Å². The maximum absolute atomic E-state index is 11.8. The van der Waals surface area contributed by atoms with E-state index in [4.69, 9.17) is 10.9 Å². The zero-order valence-corrected chi connectivity index (χ0v) is 10.2. The van der Waals surface area contributed by atoms with Crippen LogP contribution in [0.2, 0.25) is 0 Å². The number of oxime groups is 1. The topological polar surface area (TPSA) is 87.7 Å². The number of carbonyl (C=O) groups excluding carboxylic acids is 1. The van der Waals surface area contributed by atoms with Crippen LogP contribution in [-0.4, -0.2) is 17.0 Å². The lowest BCUT2D eigenvalue weighted by molar-refractivity contribution is -0.123. The van der Waals surface area contributed by atoms with E-state index < -0.39 is 5.41 Å². The van der Waals surface area contributed by atoms with Gasteiger partial charge in [-0.3, -0.25) is 4.79 Å². The minimum atomic E-state index is -0.466. The molecule has 0 saturated heterocycles. The van der Waals surface area contributed by atoms with Gasteiger partial charge in [-0.1, -0.05) is 38.1 Å². The van der Waals surface area contributed by atoms with Crippen molar-refractivity contribution < 1.29 is 10.0 Å². The van der Waals surface area contributed by atoms with Gasteiger partial charge in [-0.05, 0) is 12.1 Å². The molecule has 0 aliphatic heterocycles. The fourth-order valence-electron chi connectivity index (χ4n) is 1.13. The summed E-state index contributed by atoms with van der Waals surface area (Å²) in [6, 6.07) is 6.82. The number of hydrogen-bond donors (Lipinski definition) is 3. The molecule has 0 spiro atoms. The summed E-state index contributed by atoms with van der Waals surface area (Å²) in [6.45, 7) is 5.49. The molecule has 1 amide bonds. The third-order valence-corrected chi connectivity index (χ3v) is 2.21. The summed E-state index contributed by atoms with van der Waals surface area (Å²) in [7, 11) is 0. The first-order valence-electron chi connectivity index (χ1n) is 5.24. The largest absolute Gasteiger partial charge is 0.409 e. The van der Waals surface area contributed by atoms with E-state index >= 15 is 0 Å². The van der Waals surface area contributed by atoms with Crippen LogP contribution in [0.4, 0.5) is 5.69 Å². The van der Waals surface area contributed by atoms with Crippen molar-refractivity contribution in [2.24, 2.45) is 16.3 Å². The first kappa shape index (κ1) is 13.0. The Balaban J connectivity index is 2.91. The molecule has 0 atom stereocenters. The number of amides is 1. The predicted octanol–water partition coefficient (Wildman–Crippen LogP) is 1.77. The summed E-state index contributed by atoms with van der Waals surface area (Å²) in [6.07, 6.45) is 0. The number of benzene rings is 1. The minimum Gasteiger partial charge on any atom is -0.409 e. The molecule has 5 nitrogen and oxygen atoms in total. The van der Waals surface area contributed by atoms with Gasteiger partial charge in [0.25, 0.3) is 0 Å². The Morgan fingerprint density at radius 3 is 2.59 bits per heavy atom. The molecule has 4 N–H and O–H groups in total. The Hall–Kier alpha value is -2.04. The number of anilines is 1. The van der Waals surface area contributed by atoms with Gasteiger partial charge >= 0.3 is 0 Å². The highest BCUT2D eigenvalue weighted by Crippen LogP contribution is 2.18. The average Bonchev–Trinajstić information content (AvgIpc) is 2.27. The van der Waals surface area contributed by atoms with Crippen LogP contribution in [0.25, 0.3) is 0 Å². The molecule has 0 bridgehead atoms. The number of carbonyl (C=O) groups is 1. The Morgan fingerprint density at radius 1 is 1.41 bits per heavy atom. The quantitative estimate of drug-likeness (QED) is 0.316. The highest BCUT2D eigenvalue weighted by molar-refractivity contribution is 5.99. The Bertz CT molecular complexity index is 447. The monoisotopic (exact) mass is 235 g/mol. The molecule has 5 heteroatoms. The molecule has 0 radical (unpaired) electrons. The number of hydrogen-bond acceptors (Lipinski definition) is 3. The third-order valence-electron chi connectivity index (χ3n) is 2.21. The van der Waals surface area contributed by atoms with E-state index in [0.29, 0.717) is 11.3 Å². The zero-order chi connectivity index (χ0) is 13.1.